The second-order valence-corrected chi connectivity index (χ2v) is 6.08. The van der Waals surface area contributed by atoms with Crippen molar-refractivity contribution in [3.63, 3.8) is 0 Å². The standard InChI is InChI=1S/C16H25N3/c1-17-10-14-5-8-19(12-14)11-13-3-4-16-15(9-13)6-7-18(16)2/h3-4,9,14,17H,5-8,10-12H2,1-2H3. The quantitative estimate of drug-likeness (QED) is 0.888. The summed E-state index contributed by atoms with van der Waals surface area (Å²) in [5.74, 6) is 0.838. The van der Waals surface area contributed by atoms with Gasteiger partial charge >= 0.3 is 0 Å². The summed E-state index contributed by atoms with van der Waals surface area (Å²) in [6.45, 7) is 5.95. The predicted octanol–water partition coefficient (Wildman–Crippen LogP) is 1.72. The molecule has 0 aromatic heterocycles. The molecule has 0 amide bonds. The summed E-state index contributed by atoms with van der Waals surface area (Å²) in [5, 5.41) is 3.30. The predicted molar refractivity (Wildman–Crippen MR) is 80.7 cm³/mol. The Bertz CT molecular complexity index is 444. The van der Waals surface area contributed by atoms with Crippen LogP contribution in [-0.4, -0.2) is 45.2 Å². The van der Waals surface area contributed by atoms with Gasteiger partial charge in [0.2, 0.25) is 0 Å². The molecule has 1 fully saturated rings. The molecule has 1 aromatic rings. The molecule has 0 bridgehead atoms. The van der Waals surface area contributed by atoms with Crippen molar-refractivity contribution in [1.29, 1.82) is 0 Å². The molecule has 104 valence electrons. The van der Waals surface area contributed by atoms with Crippen molar-refractivity contribution in [2.45, 2.75) is 19.4 Å². The molecule has 1 aromatic carbocycles. The molecule has 3 nitrogen and oxygen atoms in total. The van der Waals surface area contributed by atoms with E-state index in [9.17, 15) is 0 Å². The molecule has 1 N–H and O–H groups in total. The Morgan fingerprint density at radius 1 is 1.32 bits per heavy atom. The number of likely N-dealkylation sites (tertiary alicyclic amines) is 1. The molecule has 1 saturated heterocycles. The summed E-state index contributed by atoms with van der Waals surface area (Å²) in [6, 6.07) is 7.04. The van der Waals surface area contributed by atoms with E-state index in [1.165, 1.54) is 49.3 Å². The third-order valence-corrected chi connectivity index (χ3v) is 4.54. The van der Waals surface area contributed by atoms with E-state index in [-0.39, 0.29) is 0 Å². The number of rotatable bonds is 4. The van der Waals surface area contributed by atoms with Gasteiger partial charge in [-0.25, -0.2) is 0 Å². The molecule has 1 atom stereocenters. The number of anilines is 1. The van der Waals surface area contributed by atoms with Crippen molar-refractivity contribution in [2.75, 3.05) is 45.2 Å². The second-order valence-electron chi connectivity index (χ2n) is 6.08. The van der Waals surface area contributed by atoms with E-state index >= 15 is 0 Å². The van der Waals surface area contributed by atoms with E-state index in [0.717, 1.165) is 19.0 Å². The molecule has 19 heavy (non-hydrogen) atoms. The minimum Gasteiger partial charge on any atom is -0.374 e. The molecule has 3 heteroatoms. The van der Waals surface area contributed by atoms with Gasteiger partial charge in [0.05, 0.1) is 0 Å². The van der Waals surface area contributed by atoms with Crippen LogP contribution in [-0.2, 0) is 13.0 Å². The van der Waals surface area contributed by atoms with Crippen LogP contribution in [0.5, 0.6) is 0 Å². The van der Waals surface area contributed by atoms with Crippen molar-refractivity contribution in [2.24, 2.45) is 5.92 Å². The van der Waals surface area contributed by atoms with Crippen LogP contribution in [0.1, 0.15) is 17.5 Å². The fraction of sp³-hybridized carbons (Fsp3) is 0.625. The number of fused-ring (bicyclic) bond motifs is 1. The summed E-state index contributed by atoms with van der Waals surface area (Å²) in [7, 11) is 4.24. The number of nitrogens with zero attached hydrogens (tertiary/aromatic N) is 2. The molecular formula is C16H25N3. The van der Waals surface area contributed by atoms with Crippen LogP contribution in [0.2, 0.25) is 0 Å². The lowest BCUT2D eigenvalue weighted by atomic mass is 10.1. The van der Waals surface area contributed by atoms with Crippen molar-refractivity contribution in [3.05, 3.63) is 29.3 Å². The molecule has 3 rings (SSSR count). The van der Waals surface area contributed by atoms with Gasteiger partial charge in [0.25, 0.3) is 0 Å². The highest BCUT2D eigenvalue weighted by molar-refractivity contribution is 5.58. The monoisotopic (exact) mass is 259 g/mol. The topological polar surface area (TPSA) is 18.5 Å². The first-order valence-corrected chi connectivity index (χ1v) is 7.46. The first kappa shape index (κ1) is 12.9. The van der Waals surface area contributed by atoms with E-state index < -0.39 is 0 Å². The Morgan fingerprint density at radius 2 is 2.21 bits per heavy atom. The number of hydrogen-bond donors (Lipinski definition) is 1. The first-order valence-electron chi connectivity index (χ1n) is 7.46. The Hall–Kier alpha value is -1.06. The zero-order chi connectivity index (χ0) is 13.2. The zero-order valence-electron chi connectivity index (χ0n) is 12.2. The summed E-state index contributed by atoms with van der Waals surface area (Å²) in [6.07, 6.45) is 2.55. The normalized spacial score (nSPS) is 23.1. The molecular weight excluding hydrogens is 234 g/mol. The number of nitrogens with one attached hydrogen (secondary N) is 1. The Balaban J connectivity index is 1.62. The average molecular weight is 259 g/mol. The van der Waals surface area contributed by atoms with Crippen molar-refractivity contribution in [1.82, 2.24) is 10.2 Å². The van der Waals surface area contributed by atoms with Gasteiger partial charge in [-0.05, 0) is 56.1 Å². The maximum Gasteiger partial charge on any atom is 0.0397 e. The highest BCUT2D eigenvalue weighted by Gasteiger charge is 2.22. The lowest BCUT2D eigenvalue weighted by Crippen LogP contribution is -2.24. The second kappa shape index (κ2) is 5.51. The van der Waals surface area contributed by atoms with E-state index in [0.29, 0.717) is 0 Å². The molecule has 0 radical (unpaired) electrons. The van der Waals surface area contributed by atoms with Crippen LogP contribution >= 0.6 is 0 Å². The van der Waals surface area contributed by atoms with Crippen molar-refractivity contribution in [3.8, 4) is 0 Å². The fourth-order valence-electron chi connectivity index (χ4n) is 3.49. The van der Waals surface area contributed by atoms with Crippen LogP contribution in [0.25, 0.3) is 0 Å². The SMILES string of the molecule is CNCC1CCN(Cc2ccc3c(c2)CCN3C)C1. The van der Waals surface area contributed by atoms with Crippen LogP contribution in [0.4, 0.5) is 5.69 Å². The van der Waals surface area contributed by atoms with Crippen LogP contribution in [0, 0.1) is 5.92 Å². The molecule has 2 aliphatic rings. The minimum atomic E-state index is 0.838. The Labute approximate surface area is 116 Å². The van der Waals surface area contributed by atoms with Gasteiger partial charge in [0, 0.05) is 32.4 Å². The maximum atomic E-state index is 3.30. The highest BCUT2D eigenvalue weighted by atomic mass is 15.1. The van der Waals surface area contributed by atoms with Gasteiger partial charge in [-0.2, -0.15) is 0 Å². The molecule has 0 aliphatic carbocycles. The van der Waals surface area contributed by atoms with Crippen molar-refractivity contribution >= 4 is 5.69 Å². The third kappa shape index (κ3) is 2.77. The average Bonchev–Trinajstić information content (AvgIpc) is 2.98. The van der Waals surface area contributed by atoms with Crippen LogP contribution < -0.4 is 10.2 Å². The number of hydrogen-bond acceptors (Lipinski definition) is 3. The maximum absolute atomic E-state index is 3.30. The van der Waals surface area contributed by atoms with Gasteiger partial charge in [0.15, 0.2) is 0 Å². The lowest BCUT2D eigenvalue weighted by Gasteiger charge is -2.17. The Kier molecular flexibility index (Phi) is 3.76. The summed E-state index contributed by atoms with van der Waals surface area (Å²) in [4.78, 5) is 4.96. The molecule has 2 heterocycles. The van der Waals surface area contributed by atoms with Gasteiger partial charge in [-0.1, -0.05) is 12.1 Å². The van der Waals surface area contributed by atoms with Crippen LogP contribution in [0.3, 0.4) is 0 Å². The summed E-state index contributed by atoms with van der Waals surface area (Å²) >= 11 is 0. The van der Waals surface area contributed by atoms with Gasteiger partial charge in [0.1, 0.15) is 0 Å². The van der Waals surface area contributed by atoms with E-state index in [1.54, 1.807) is 0 Å². The van der Waals surface area contributed by atoms with E-state index in [1.807, 2.05) is 0 Å². The Morgan fingerprint density at radius 3 is 3.05 bits per heavy atom. The first-order chi connectivity index (χ1) is 9.26. The third-order valence-electron chi connectivity index (χ3n) is 4.54. The minimum absolute atomic E-state index is 0.838. The van der Waals surface area contributed by atoms with Crippen molar-refractivity contribution < 1.29 is 0 Å². The smallest absolute Gasteiger partial charge is 0.0397 e. The molecule has 1 unspecified atom stereocenters. The lowest BCUT2D eigenvalue weighted by molar-refractivity contribution is 0.315. The zero-order valence-corrected chi connectivity index (χ0v) is 12.2. The van der Waals surface area contributed by atoms with Gasteiger partial charge in [-0.3, -0.25) is 4.90 Å². The summed E-state index contributed by atoms with van der Waals surface area (Å²) < 4.78 is 0. The largest absolute Gasteiger partial charge is 0.374 e. The molecule has 0 saturated carbocycles. The van der Waals surface area contributed by atoms with Gasteiger partial charge < -0.3 is 10.2 Å². The fourth-order valence-corrected chi connectivity index (χ4v) is 3.49. The van der Waals surface area contributed by atoms with Crippen LogP contribution in [0.15, 0.2) is 18.2 Å². The molecule has 0 spiro atoms. The number of likely N-dealkylation sites (N-methyl/N-ethyl adjacent to an activating group) is 1. The summed E-state index contributed by atoms with van der Waals surface area (Å²) in [5.41, 5.74) is 4.45. The molecule has 2 aliphatic heterocycles. The van der Waals surface area contributed by atoms with Gasteiger partial charge in [-0.15, -0.1) is 0 Å². The van der Waals surface area contributed by atoms with E-state index in [2.05, 4.69) is 47.4 Å². The number of benzene rings is 1. The highest BCUT2D eigenvalue weighted by Crippen LogP contribution is 2.28. The van der Waals surface area contributed by atoms with E-state index in [4.69, 9.17) is 0 Å².